The minimum atomic E-state index is -0.964. The summed E-state index contributed by atoms with van der Waals surface area (Å²) >= 11 is 6.17. The Morgan fingerprint density at radius 1 is 1.03 bits per heavy atom. The van der Waals surface area contributed by atoms with E-state index < -0.39 is 5.97 Å². The van der Waals surface area contributed by atoms with Crippen molar-refractivity contribution in [3.8, 4) is 5.75 Å². The number of halogens is 1. The summed E-state index contributed by atoms with van der Waals surface area (Å²) in [4.78, 5) is 20.8. The number of carbonyl (C=O) groups is 1. The summed E-state index contributed by atoms with van der Waals surface area (Å²) in [7, 11) is 1.64. The van der Waals surface area contributed by atoms with Gasteiger partial charge < -0.3 is 25.0 Å². The number of anilines is 2. The Labute approximate surface area is 204 Å². The van der Waals surface area contributed by atoms with Gasteiger partial charge in [-0.05, 0) is 54.1 Å². The van der Waals surface area contributed by atoms with Crippen LogP contribution in [0.15, 0.2) is 77.8 Å². The van der Waals surface area contributed by atoms with Gasteiger partial charge in [0.25, 0.3) is 0 Å². The van der Waals surface area contributed by atoms with Crippen molar-refractivity contribution in [2.75, 3.05) is 43.5 Å². The lowest BCUT2D eigenvalue weighted by atomic mass is 10.2. The average molecular weight is 479 g/mol. The highest BCUT2D eigenvalue weighted by molar-refractivity contribution is 6.30. The van der Waals surface area contributed by atoms with E-state index in [1.165, 1.54) is 0 Å². The molecule has 176 valence electrons. The zero-order valence-electron chi connectivity index (χ0n) is 18.9. The smallest absolute Gasteiger partial charge is 0.335 e. The molecule has 34 heavy (non-hydrogen) atoms. The second-order valence-electron chi connectivity index (χ2n) is 7.96. The van der Waals surface area contributed by atoms with Gasteiger partial charge in [-0.25, -0.2) is 9.79 Å². The predicted octanol–water partition coefficient (Wildman–Crippen LogP) is 4.84. The molecule has 1 saturated heterocycles. The summed E-state index contributed by atoms with van der Waals surface area (Å²) in [5.74, 6) is 0.524. The number of methoxy groups -OCH3 is 1. The number of ether oxygens (including phenoxy) is 1. The Balaban J connectivity index is 1.53. The number of nitrogens with one attached hydrogen (secondary N) is 1. The number of benzene rings is 3. The first-order valence-electron chi connectivity index (χ1n) is 11.0. The molecule has 0 amide bonds. The van der Waals surface area contributed by atoms with E-state index in [1.54, 1.807) is 25.3 Å². The average Bonchev–Trinajstić information content (AvgIpc) is 2.87. The Morgan fingerprint density at radius 2 is 1.79 bits per heavy atom. The number of carboxylic acid groups (broad SMARTS) is 1. The molecule has 0 saturated carbocycles. The van der Waals surface area contributed by atoms with E-state index in [9.17, 15) is 9.90 Å². The van der Waals surface area contributed by atoms with Gasteiger partial charge in [-0.2, -0.15) is 0 Å². The minimum absolute atomic E-state index is 0.225. The fourth-order valence-electron chi connectivity index (χ4n) is 3.86. The quantitative estimate of drug-likeness (QED) is 0.390. The zero-order chi connectivity index (χ0) is 23.9. The molecule has 7 nitrogen and oxygen atoms in total. The molecule has 0 unspecified atom stereocenters. The summed E-state index contributed by atoms with van der Waals surface area (Å²) in [6, 6.07) is 22.4. The normalized spacial score (nSPS) is 14.1. The molecule has 1 aliphatic rings. The van der Waals surface area contributed by atoms with Crippen LogP contribution in [0.4, 0.5) is 11.4 Å². The van der Waals surface area contributed by atoms with Crippen molar-refractivity contribution >= 4 is 34.9 Å². The fourth-order valence-corrected chi connectivity index (χ4v) is 4.05. The van der Waals surface area contributed by atoms with Gasteiger partial charge in [0, 0.05) is 42.6 Å². The third kappa shape index (κ3) is 5.99. The molecule has 0 spiro atoms. The molecule has 1 heterocycles. The first-order chi connectivity index (χ1) is 16.5. The third-order valence-electron chi connectivity index (χ3n) is 5.66. The van der Waals surface area contributed by atoms with E-state index in [0.29, 0.717) is 18.2 Å². The maximum atomic E-state index is 11.4. The van der Waals surface area contributed by atoms with E-state index in [1.807, 2.05) is 48.5 Å². The van der Waals surface area contributed by atoms with Crippen molar-refractivity contribution in [3.63, 3.8) is 0 Å². The maximum Gasteiger partial charge on any atom is 0.335 e. The van der Waals surface area contributed by atoms with Gasteiger partial charge in [0.2, 0.25) is 0 Å². The summed E-state index contributed by atoms with van der Waals surface area (Å²) in [5.41, 5.74) is 3.03. The van der Waals surface area contributed by atoms with Gasteiger partial charge in [-0.1, -0.05) is 35.9 Å². The Morgan fingerprint density at radius 3 is 2.53 bits per heavy atom. The lowest BCUT2D eigenvalue weighted by molar-refractivity contribution is 0.0697. The molecule has 0 radical (unpaired) electrons. The predicted molar refractivity (Wildman–Crippen MR) is 136 cm³/mol. The van der Waals surface area contributed by atoms with Gasteiger partial charge in [0.05, 0.1) is 19.2 Å². The van der Waals surface area contributed by atoms with Crippen molar-refractivity contribution in [1.29, 1.82) is 0 Å². The molecule has 0 atom stereocenters. The van der Waals surface area contributed by atoms with Crippen LogP contribution in [0.25, 0.3) is 0 Å². The molecule has 1 aliphatic heterocycles. The first kappa shape index (κ1) is 23.4. The van der Waals surface area contributed by atoms with Gasteiger partial charge in [0.1, 0.15) is 5.75 Å². The number of aromatic carboxylic acids is 1. The molecule has 8 heteroatoms. The van der Waals surface area contributed by atoms with Crippen molar-refractivity contribution in [2.24, 2.45) is 4.99 Å². The summed E-state index contributed by atoms with van der Waals surface area (Å²) < 4.78 is 5.33. The molecule has 3 aromatic rings. The number of piperazine rings is 1. The number of hydrogen-bond acceptors (Lipinski definition) is 4. The van der Waals surface area contributed by atoms with Crippen molar-refractivity contribution in [1.82, 2.24) is 4.90 Å². The van der Waals surface area contributed by atoms with Gasteiger partial charge in [-0.3, -0.25) is 0 Å². The monoisotopic (exact) mass is 478 g/mol. The minimum Gasteiger partial charge on any atom is -0.497 e. The second-order valence-corrected chi connectivity index (χ2v) is 8.39. The molecule has 0 bridgehead atoms. The highest BCUT2D eigenvalue weighted by atomic mass is 35.5. The topological polar surface area (TPSA) is 77.4 Å². The second kappa shape index (κ2) is 10.9. The largest absolute Gasteiger partial charge is 0.497 e. The Hall–Kier alpha value is -3.71. The van der Waals surface area contributed by atoms with Crippen LogP contribution in [-0.4, -0.2) is 55.2 Å². The molecular formula is C26H27ClN4O3. The molecular weight excluding hydrogens is 452 g/mol. The zero-order valence-corrected chi connectivity index (χ0v) is 19.7. The van der Waals surface area contributed by atoms with Crippen LogP contribution in [0.5, 0.6) is 5.75 Å². The maximum absolute atomic E-state index is 11.4. The lowest BCUT2D eigenvalue weighted by Crippen LogP contribution is -2.50. The van der Waals surface area contributed by atoms with Crippen LogP contribution in [0, 0.1) is 0 Å². The number of nitrogens with zero attached hydrogens (tertiary/aromatic N) is 3. The Bertz CT molecular complexity index is 1180. The molecule has 3 aromatic carbocycles. The van der Waals surface area contributed by atoms with Gasteiger partial charge in [-0.15, -0.1) is 0 Å². The van der Waals surface area contributed by atoms with Crippen LogP contribution in [0.3, 0.4) is 0 Å². The molecule has 2 N–H and O–H groups in total. The van der Waals surface area contributed by atoms with E-state index in [0.717, 1.165) is 48.2 Å². The van der Waals surface area contributed by atoms with Crippen LogP contribution in [0.2, 0.25) is 5.02 Å². The van der Waals surface area contributed by atoms with Crippen LogP contribution in [0.1, 0.15) is 15.9 Å². The lowest BCUT2D eigenvalue weighted by Gasteiger charge is -2.38. The van der Waals surface area contributed by atoms with E-state index >= 15 is 0 Å². The van der Waals surface area contributed by atoms with E-state index in [2.05, 4.69) is 21.2 Å². The van der Waals surface area contributed by atoms with Gasteiger partial charge >= 0.3 is 5.97 Å². The Kier molecular flexibility index (Phi) is 7.54. The number of rotatable bonds is 6. The third-order valence-corrected chi connectivity index (χ3v) is 5.90. The van der Waals surface area contributed by atoms with E-state index in [-0.39, 0.29) is 5.56 Å². The molecule has 1 fully saturated rings. The van der Waals surface area contributed by atoms with Crippen LogP contribution < -0.4 is 15.0 Å². The highest BCUT2D eigenvalue weighted by Crippen LogP contribution is 2.22. The SMILES string of the molecule is COc1cccc(CN=C(Nc2cccc(C(=O)O)c2)N2CCN(c3cccc(Cl)c3)CC2)c1. The number of hydrogen-bond donors (Lipinski definition) is 2. The summed E-state index contributed by atoms with van der Waals surface area (Å²) in [6.45, 7) is 3.61. The van der Waals surface area contributed by atoms with Crippen LogP contribution >= 0.6 is 11.6 Å². The standard InChI is InChI=1S/C26H27ClN4O3/c1-34-24-10-2-5-19(15-24)18-28-26(29-22-8-3-6-20(16-22)25(32)33)31-13-11-30(12-14-31)23-9-4-7-21(27)17-23/h2-10,15-17H,11-14,18H2,1H3,(H,28,29)(H,32,33). The summed E-state index contributed by atoms with van der Waals surface area (Å²) in [5, 5.41) is 13.4. The van der Waals surface area contributed by atoms with E-state index in [4.69, 9.17) is 21.3 Å². The van der Waals surface area contributed by atoms with Gasteiger partial charge in [0.15, 0.2) is 5.96 Å². The van der Waals surface area contributed by atoms with Crippen LogP contribution in [-0.2, 0) is 6.54 Å². The number of guanidine groups is 1. The highest BCUT2D eigenvalue weighted by Gasteiger charge is 2.21. The molecule has 0 aliphatic carbocycles. The summed E-state index contributed by atoms with van der Waals surface area (Å²) in [6.07, 6.45) is 0. The van der Waals surface area contributed by atoms with Crippen molar-refractivity contribution in [2.45, 2.75) is 6.54 Å². The molecule has 4 rings (SSSR count). The molecule has 0 aromatic heterocycles. The number of aliphatic imine (C=N–C) groups is 1. The van der Waals surface area contributed by atoms with Crippen molar-refractivity contribution < 1.29 is 14.6 Å². The van der Waals surface area contributed by atoms with Crippen molar-refractivity contribution in [3.05, 3.63) is 88.9 Å². The first-order valence-corrected chi connectivity index (χ1v) is 11.4. The number of carboxylic acids is 1. The fraction of sp³-hybridized carbons (Fsp3) is 0.231.